The molecule has 1 heterocycles. The molecule has 0 aliphatic carbocycles. The predicted octanol–water partition coefficient (Wildman–Crippen LogP) is 2.32. The first-order chi connectivity index (χ1) is 7.15. The molecular formula is C10H11F2NO2. The lowest BCUT2D eigenvalue weighted by Crippen LogP contribution is -2.10. The minimum absolute atomic E-state index is 0.126. The smallest absolute Gasteiger partial charge is 0.300 e. The number of alkyl halides is 2. The molecule has 0 aromatic carbocycles. The van der Waals surface area contributed by atoms with Crippen LogP contribution in [0.3, 0.4) is 0 Å². The summed E-state index contributed by atoms with van der Waals surface area (Å²) in [7, 11) is 0. The van der Waals surface area contributed by atoms with Crippen LogP contribution >= 0.6 is 0 Å². The lowest BCUT2D eigenvalue weighted by atomic mass is 10.2. The third-order valence-electron chi connectivity index (χ3n) is 1.67. The van der Waals surface area contributed by atoms with Crippen molar-refractivity contribution in [3.05, 3.63) is 24.0 Å². The number of aromatic nitrogens is 1. The molecule has 0 aliphatic rings. The Morgan fingerprint density at radius 2 is 2.27 bits per heavy atom. The summed E-state index contributed by atoms with van der Waals surface area (Å²) in [6.45, 7) is 2.38. The maximum absolute atomic E-state index is 12.1. The van der Waals surface area contributed by atoms with Crippen LogP contribution in [0.15, 0.2) is 18.5 Å². The van der Waals surface area contributed by atoms with Crippen LogP contribution in [0.2, 0.25) is 0 Å². The topological polar surface area (TPSA) is 39.2 Å². The summed E-state index contributed by atoms with van der Waals surface area (Å²) in [5.41, 5.74) is -0.126. The molecule has 5 heteroatoms. The SMILES string of the molecule is CCCOc1cncc(C(=O)C(F)F)c1. The van der Waals surface area contributed by atoms with Crippen LogP contribution < -0.4 is 4.74 Å². The number of hydrogen-bond acceptors (Lipinski definition) is 3. The lowest BCUT2D eigenvalue weighted by molar-refractivity contribution is 0.0678. The van der Waals surface area contributed by atoms with Gasteiger partial charge >= 0.3 is 6.43 Å². The molecule has 82 valence electrons. The van der Waals surface area contributed by atoms with E-state index in [1.807, 2.05) is 6.92 Å². The Morgan fingerprint density at radius 1 is 1.53 bits per heavy atom. The Morgan fingerprint density at radius 3 is 2.87 bits per heavy atom. The number of halogens is 2. The zero-order chi connectivity index (χ0) is 11.3. The van der Waals surface area contributed by atoms with Crippen molar-refractivity contribution in [2.45, 2.75) is 19.8 Å². The second-order valence-corrected chi connectivity index (χ2v) is 2.92. The second-order valence-electron chi connectivity index (χ2n) is 2.92. The molecule has 0 amide bonds. The number of carbonyl (C=O) groups is 1. The highest BCUT2D eigenvalue weighted by Gasteiger charge is 2.18. The maximum Gasteiger partial charge on any atom is 0.300 e. The van der Waals surface area contributed by atoms with Gasteiger partial charge in [0.2, 0.25) is 5.78 Å². The molecule has 0 radical (unpaired) electrons. The molecule has 0 fully saturated rings. The quantitative estimate of drug-likeness (QED) is 0.707. The molecule has 15 heavy (non-hydrogen) atoms. The van der Waals surface area contributed by atoms with E-state index in [2.05, 4.69) is 4.98 Å². The maximum atomic E-state index is 12.1. The van der Waals surface area contributed by atoms with E-state index in [0.29, 0.717) is 12.4 Å². The highest BCUT2D eigenvalue weighted by molar-refractivity contribution is 5.98. The normalized spacial score (nSPS) is 10.4. The third-order valence-corrected chi connectivity index (χ3v) is 1.67. The van der Waals surface area contributed by atoms with Crippen LogP contribution in [-0.4, -0.2) is 23.8 Å². The van der Waals surface area contributed by atoms with E-state index in [1.165, 1.54) is 12.3 Å². The molecule has 0 atom stereocenters. The van der Waals surface area contributed by atoms with Crippen LogP contribution in [0, 0.1) is 0 Å². The molecule has 3 nitrogen and oxygen atoms in total. The zero-order valence-corrected chi connectivity index (χ0v) is 8.24. The first kappa shape index (κ1) is 11.6. The number of nitrogens with zero attached hydrogens (tertiary/aromatic N) is 1. The van der Waals surface area contributed by atoms with Gasteiger partial charge in [-0.25, -0.2) is 8.78 Å². The van der Waals surface area contributed by atoms with Crippen molar-refractivity contribution >= 4 is 5.78 Å². The van der Waals surface area contributed by atoms with Crippen molar-refractivity contribution < 1.29 is 18.3 Å². The number of hydrogen-bond donors (Lipinski definition) is 0. The Labute approximate surface area is 86.1 Å². The van der Waals surface area contributed by atoms with E-state index < -0.39 is 12.2 Å². The van der Waals surface area contributed by atoms with E-state index in [-0.39, 0.29) is 5.56 Å². The number of pyridine rings is 1. The number of rotatable bonds is 5. The summed E-state index contributed by atoms with van der Waals surface area (Å²) in [5, 5.41) is 0. The Hall–Kier alpha value is -1.52. The third kappa shape index (κ3) is 3.27. The van der Waals surface area contributed by atoms with Gasteiger partial charge in [0.1, 0.15) is 5.75 Å². The fraction of sp³-hybridized carbons (Fsp3) is 0.400. The lowest BCUT2D eigenvalue weighted by Gasteiger charge is -2.05. The molecule has 1 aromatic heterocycles. The van der Waals surface area contributed by atoms with Gasteiger partial charge in [0.15, 0.2) is 0 Å². The fourth-order valence-electron chi connectivity index (χ4n) is 0.978. The summed E-state index contributed by atoms with van der Waals surface area (Å²) < 4.78 is 29.3. The highest BCUT2D eigenvalue weighted by atomic mass is 19.3. The predicted molar refractivity (Wildman–Crippen MR) is 50.4 cm³/mol. The Bertz CT molecular complexity index is 342. The van der Waals surface area contributed by atoms with E-state index in [9.17, 15) is 13.6 Å². The molecule has 0 unspecified atom stereocenters. The van der Waals surface area contributed by atoms with Gasteiger partial charge in [-0.2, -0.15) is 0 Å². The van der Waals surface area contributed by atoms with Crippen LogP contribution in [0.5, 0.6) is 5.75 Å². The summed E-state index contributed by atoms with van der Waals surface area (Å²) in [6, 6.07) is 1.27. The molecule has 0 aliphatic heterocycles. The molecule has 0 spiro atoms. The Kier molecular flexibility index (Phi) is 4.15. The van der Waals surface area contributed by atoms with Crippen LogP contribution in [0.25, 0.3) is 0 Å². The van der Waals surface area contributed by atoms with Crippen LogP contribution in [0.1, 0.15) is 23.7 Å². The van der Waals surface area contributed by atoms with Crippen molar-refractivity contribution in [1.29, 1.82) is 0 Å². The monoisotopic (exact) mass is 215 g/mol. The Balaban J connectivity index is 2.78. The summed E-state index contributed by atoms with van der Waals surface area (Å²) in [4.78, 5) is 14.6. The van der Waals surface area contributed by atoms with Gasteiger partial charge in [-0.05, 0) is 12.5 Å². The van der Waals surface area contributed by atoms with Crippen molar-refractivity contribution in [2.24, 2.45) is 0 Å². The fourth-order valence-corrected chi connectivity index (χ4v) is 0.978. The minimum atomic E-state index is -3.01. The van der Waals surface area contributed by atoms with Crippen LogP contribution in [-0.2, 0) is 0 Å². The van der Waals surface area contributed by atoms with Gasteiger partial charge in [-0.15, -0.1) is 0 Å². The number of carbonyl (C=O) groups excluding carboxylic acids is 1. The largest absolute Gasteiger partial charge is 0.492 e. The average molecular weight is 215 g/mol. The van der Waals surface area contributed by atoms with E-state index in [1.54, 1.807) is 0 Å². The van der Waals surface area contributed by atoms with Crippen molar-refractivity contribution in [2.75, 3.05) is 6.61 Å². The van der Waals surface area contributed by atoms with Gasteiger partial charge < -0.3 is 4.74 Å². The summed E-state index contributed by atoms with van der Waals surface area (Å²) in [5.74, 6) is -0.896. The second kappa shape index (κ2) is 5.38. The van der Waals surface area contributed by atoms with Gasteiger partial charge in [0.25, 0.3) is 0 Å². The van der Waals surface area contributed by atoms with Gasteiger partial charge in [-0.1, -0.05) is 6.92 Å². The molecule has 0 saturated heterocycles. The van der Waals surface area contributed by atoms with Crippen LogP contribution in [0.4, 0.5) is 8.78 Å². The average Bonchev–Trinajstić information content (AvgIpc) is 2.25. The molecule has 1 aromatic rings. The summed E-state index contributed by atoms with van der Waals surface area (Å²) in [6.07, 6.45) is 0.284. The highest BCUT2D eigenvalue weighted by Crippen LogP contribution is 2.14. The van der Waals surface area contributed by atoms with Crippen molar-refractivity contribution in [1.82, 2.24) is 4.98 Å². The molecule has 0 saturated carbocycles. The minimum Gasteiger partial charge on any atom is -0.492 e. The van der Waals surface area contributed by atoms with Crippen molar-refractivity contribution in [3.63, 3.8) is 0 Å². The number of ether oxygens (including phenoxy) is 1. The van der Waals surface area contributed by atoms with Gasteiger partial charge in [0.05, 0.1) is 12.8 Å². The van der Waals surface area contributed by atoms with Gasteiger partial charge in [0, 0.05) is 11.8 Å². The van der Waals surface area contributed by atoms with Crippen molar-refractivity contribution in [3.8, 4) is 5.75 Å². The number of ketones is 1. The molecular weight excluding hydrogens is 204 g/mol. The van der Waals surface area contributed by atoms with E-state index in [4.69, 9.17) is 4.74 Å². The standard InChI is InChI=1S/C10H11F2NO2/c1-2-3-15-8-4-7(5-13-6-8)9(14)10(11)12/h4-6,10H,2-3H2,1H3. The first-order valence-electron chi connectivity index (χ1n) is 4.55. The number of Topliss-reactive ketones (excluding diaryl/α,β-unsaturated/α-hetero) is 1. The van der Waals surface area contributed by atoms with E-state index in [0.717, 1.165) is 12.6 Å². The van der Waals surface area contributed by atoms with Gasteiger partial charge in [-0.3, -0.25) is 9.78 Å². The summed E-state index contributed by atoms with van der Waals surface area (Å²) >= 11 is 0. The first-order valence-corrected chi connectivity index (χ1v) is 4.55. The molecule has 0 N–H and O–H groups in total. The van der Waals surface area contributed by atoms with E-state index >= 15 is 0 Å². The molecule has 1 rings (SSSR count). The molecule has 0 bridgehead atoms. The zero-order valence-electron chi connectivity index (χ0n) is 8.24.